The third-order valence-electron chi connectivity index (χ3n) is 6.65. The number of piperidine rings is 1. The highest BCUT2D eigenvalue weighted by atomic mass is 16.5. The van der Waals surface area contributed by atoms with Gasteiger partial charge in [-0.05, 0) is 43.4 Å². The average Bonchev–Trinajstić information content (AvgIpc) is 2.83. The first-order valence-electron chi connectivity index (χ1n) is 12.0. The van der Waals surface area contributed by atoms with Crippen LogP contribution in [0.2, 0.25) is 0 Å². The summed E-state index contributed by atoms with van der Waals surface area (Å²) >= 11 is 0. The van der Waals surface area contributed by atoms with Gasteiger partial charge in [-0.3, -0.25) is 14.4 Å². The van der Waals surface area contributed by atoms with Crippen molar-refractivity contribution in [2.75, 3.05) is 27.3 Å². The minimum atomic E-state index is -0.707. The SMILES string of the molecule is COc1cc(C[C@@H](NC(C)=O)C(=O)NC2CCN(C(=O)C3CCCCC3)CC2)cc(OC)c1. The maximum atomic E-state index is 13.1. The maximum Gasteiger partial charge on any atom is 0.243 e. The van der Waals surface area contributed by atoms with Crippen molar-refractivity contribution in [1.29, 1.82) is 0 Å². The molecule has 182 valence electrons. The second-order valence-electron chi connectivity index (χ2n) is 9.12. The number of benzene rings is 1. The highest BCUT2D eigenvalue weighted by Crippen LogP contribution is 2.27. The number of ether oxygens (including phenoxy) is 2. The number of likely N-dealkylation sites (tertiary alicyclic amines) is 1. The van der Waals surface area contributed by atoms with Gasteiger partial charge in [0.25, 0.3) is 0 Å². The molecule has 8 nitrogen and oxygen atoms in total. The molecular weight excluding hydrogens is 422 g/mol. The van der Waals surface area contributed by atoms with Crippen molar-refractivity contribution in [3.63, 3.8) is 0 Å². The van der Waals surface area contributed by atoms with Crippen molar-refractivity contribution in [2.24, 2.45) is 5.92 Å². The highest BCUT2D eigenvalue weighted by molar-refractivity contribution is 5.87. The number of hydrogen-bond donors (Lipinski definition) is 2. The number of methoxy groups -OCH3 is 2. The molecule has 3 amide bonds. The molecule has 0 radical (unpaired) electrons. The Bertz CT molecular complexity index is 807. The third kappa shape index (κ3) is 7.11. The lowest BCUT2D eigenvalue weighted by molar-refractivity contribution is -0.138. The number of rotatable bonds is 8. The number of carbonyl (C=O) groups is 3. The number of nitrogens with zero attached hydrogens (tertiary/aromatic N) is 1. The van der Waals surface area contributed by atoms with Crippen LogP contribution in [0.25, 0.3) is 0 Å². The number of hydrogen-bond acceptors (Lipinski definition) is 5. The van der Waals surface area contributed by atoms with Gasteiger partial charge in [0.05, 0.1) is 14.2 Å². The summed E-state index contributed by atoms with van der Waals surface area (Å²) in [5.41, 5.74) is 0.827. The minimum Gasteiger partial charge on any atom is -0.497 e. The maximum absolute atomic E-state index is 13.1. The van der Waals surface area contributed by atoms with E-state index in [1.165, 1.54) is 13.3 Å². The van der Waals surface area contributed by atoms with Crippen LogP contribution in [0.3, 0.4) is 0 Å². The molecule has 3 rings (SSSR count). The van der Waals surface area contributed by atoms with Crippen LogP contribution in [0.4, 0.5) is 0 Å². The van der Waals surface area contributed by atoms with E-state index in [9.17, 15) is 14.4 Å². The van der Waals surface area contributed by atoms with Gasteiger partial charge in [0.15, 0.2) is 0 Å². The lowest BCUT2D eigenvalue weighted by atomic mass is 9.87. The molecule has 0 aromatic heterocycles. The van der Waals surface area contributed by atoms with Gasteiger partial charge in [-0.25, -0.2) is 0 Å². The standard InChI is InChI=1S/C25H37N3O5/c1-17(29)26-23(15-18-13-21(32-2)16-22(14-18)33-3)24(30)27-20-9-11-28(12-10-20)25(31)19-7-5-4-6-8-19/h13-14,16,19-20,23H,4-12,15H2,1-3H3,(H,26,29)(H,27,30)/t23-/m1/s1. The van der Waals surface area contributed by atoms with Crippen LogP contribution in [-0.2, 0) is 20.8 Å². The molecule has 2 N–H and O–H groups in total. The molecule has 1 atom stereocenters. The van der Waals surface area contributed by atoms with Crippen molar-refractivity contribution in [3.05, 3.63) is 23.8 Å². The van der Waals surface area contributed by atoms with Gasteiger partial charge in [-0.1, -0.05) is 19.3 Å². The number of amides is 3. The molecule has 8 heteroatoms. The Labute approximate surface area is 196 Å². The van der Waals surface area contributed by atoms with Crippen molar-refractivity contribution in [2.45, 2.75) is 70.4 Å². The second kappa shape index (κ2) is 11.9. The average molecular weight is 460 g/mol. The predicted octanol–water partition coefficient (Wildman–Crippen LogP) is 2.44. The zero-order chi connectivity index (χ0) is 23.8. The van der Waals surface area contributed by atoms with Crippen LogP contribution in [0.15, 0.2) is 18.2 Å². The fourth-order valence-corrected chi connectivity index (χ4v) is 4.83. The molecule has 1 aromatic carbocycles. The number of carbonyl (C=O) groups excluding carboxylic acids is 3. The van der Waals surface area contributed by atoms with Gasteiger partial charge >= 0.3 is 0 Å². The first-order valence-corrected chi connectivity index (χ1v) is 12.0. The van der Waals surface area contributed by atoms with Crippen molar-refractivity contribution < 1.29 is 23.9 Å². The summed E-state index contributed by atoms with van der Waals surface area (Å²) in [6.07, 6.45) is 7.30. The molecule has 1 aromatic rings. The molecular formula is C25H37N3O5. The van der Waals surface area contributed by atoms with E-state index in [-0.39, 0.29) is 29.7 Å². The van der Waals surface area contributed by atoms with E-state index in [0.29, 0.717) is 31.0 Å². The molecule has 1 saturated carbocycles. The van der Waals surface area contributed by atoms with Gasteiger partial charge in [0, 0.05) is 44.5 Å². The van der Waals surface area contributed by atoms with E-state index in [1.807, 2.05) is 17.0 Å². The predicted molar refractivity (Wildman–Crippen MR) is 125 cm³/mol. The van der Waals surface area contributed by atoms with Crippen molar-refractivity contribution in [1.82, 2.24) is 15.5 Å². The van der Waals surface area contributed by atoms with Crippen LogP contribution in [0, 0.1) is 5.92 Å². The van der Waals surface area contributed by atoms with E-state index < -0.39 is 6.04 Å². The van der Waals surface area contributed by atoms with Crippen LogP contribution >= 0.6 is 0 Å². The molecule has 1 saturated heterocycles. The normalized spacial score (nSPS) is 18.3. The topological polar surface area (TPSA) is 97.0 Å². The molecule has 0 unspecified atom stereocenters. The molecule has 1 heterocycles. The van der Waals surface area contributed by atoms with Crippen LogP contribution in [0.5, 0.6) is 11.5 Å². The van der Waals surface area contributed by atoms with Crippen molar-refractivity contribution in [3.8, 4) is 11.5 Å². The quantitative estimate of drug-likeness (QED) is 0.622. The molecule has 0 spiro atoms. The van der Waals surface area contributed by atoms with E-state index in [0.717, 1.165) is 44.1 Å². The zero-order valence-corrected chi connectivity index (χ0v) is 20.0. The Kier molecular flexibility index (Phi) is 8.97. The lowest BCUT2D eigenvalue weighted by Crippen LogP contribution is -2.53. The Morgan fingerprint density at radius 2 is 1.58 bits per heavy atom. The first kappa shape index (κ1) is 24.9. The Hall–Kier alpha value is -2.77. The van der Waals surface area contributed by atoms with Gasteiger partial charge < -0.3 is 25.0 Å². The first-order chi connectivity index (χ1) is 15.9. The highest BCUT2D eigenvalue weighted by Gasteiger charge is 2.30. The van der Waals surface area contributed by atoms with Gasteiger partial charge in [-0.2, -0.15) is 0 Å². The largest absolute Gasteiger partial charge is 0.497 e. The van der Waals surface area contributed by atoms with Gasteiger partial charge in [0.2, 0.25) is 17.7 Å². The molecule has 1 aliphatic carbocycles. The Morgan fingerprint density at radius 3 is 2.12 bits per heavy atom. The fraction of sp³-hybridized carbons (Fsp3) is 0.640. The molecule has 2 fully saturated rings. The van der Waals surface area contributed by atoms with Crippen LogP contribution in [-0.4, -0.2) is 62.0 Å². The second-order valence-corrected chi connectivity index (χ2v) is 9.12. The van der Waals surface area contributed by atoms with E-state index in [2.05, 4.69) is 10.6 Å². The summed E-state index contributed by atoms with van der Waals surface area (Å²) in [6, 6.07) is 4.71. The Morgan fingerprint density at radius 1 is 0.970 bits per heavy atom. The smallest absolute Gasteiger partial charge is 0.243 e. The van der Waals surface area contributed by atoms with Gasteiger partial charge in [-0.15, -0.1) is 0 Å². The van der Waals surface area contributed by atoms with Gasteiger partial charge in [0.1, 0.15) is 17.5 Å². The third-order valence-corrected chi connectivity index (χ3v) is 6.65. The summed E-state index contributed by atoms with van der Waals surface area (Å²) in [4.78, 5) is 39.6. The monoisotopic (exact) mass is 459 g/mol. The summed E-state index contributed by atoms with van der Waals surface area (Å²) in [5.74, 6) is 1.22. The molecule has 0 bridgehead atoms. The summed E-state index contributed by atoms with van der Waals surface area (Å²) in [6.45, 7) is 2.73. The summed E-state index contributed by atoms with van der Waals surface area (Å²) in [7, 11) is 3.14. The van der Waals surface area contributed by atoms with Crippen molar-refractivity contribution >= 4 is 17.7 Å². The molecule has 33 heavy (non-hydrogen) atoms. The minimum absolute atomic E-state index is 0.0102. The van der Waals surface area contributed by atoms with Crippen LogP contribution in [0.1, 0.15) is 57.4 Å². The number of nitrogens with one attached hydrogen (secondary N) is 2. The van der Waals surface area contributed by atoms with E-state index >= 15 is 0 Å². The molecule has 2 aliphatic rings. The zero-order valence-electron chi connectivity index (χ0n) is 20.0. The van der Waals surface area contributed by atoms with E-state index in [4.69, 9.17) is 9.47 Å². The molecule has 1 aliphatic heterocycles. The van der Waals surface area contributed by atoms with E-state index in [1.54, 1.807) is 20.3 Å². The summed E-state index contributed by atoms with van der Waals surface area (Å²) in [5, 5.41) is 5.85. The summed E-state index contributed by atoms with van der Waals surface area (Å²) < 4.78 is 10.6. The Balaban J connectivity index is 1.57. The fourth-order valence-electron chi connectivity index (χ4n) is 4.83. The van der Waals surface area contributed by atoms with Crippen LogP contribution < -0.4 is 20.1 Å². The lowest BCUT2D eigenvalue weighted by Gasteiger charge is -2.36.